The van der Waals surface area contributed by atoms with Crippen LogP contribution in [0.3, 0.4) is 0 Å². The molecule has 20 heavy (non-hydrogen) atoms. The van der Waals surface area contributed by atoms with Crippen molar-refractivity contribution in [2.24, 2.45) is 18.9 Å². The monoisotopic (exact) mass is 290 g/mol. The summed E-state index contributed by atoms with van der Waals surface area (Å²) in [5, 5.41) is 7.03. The smallest absolute Gasteiger partial charge is 0.316 e. The zero-order chi connectivity index (χ0) is 14.8. The predicted molar refractivity (Wildman–Crippen MR) is 69.1 cm³/mol. The highest BCUT2D eigenvalue weighted by atomic mass is 19.4. The lowest BCUT2D eigenvalue weighted by molar-refractivity contribution is -0.199. The van der Waals surface area contributed by atoms with Gasteiger partial charge >= 0.3 is 6.18 Å². The van der Waals surface area contributed by atoms with E-state index in [0.717, 1.165) is 12.2 Å². The van der Waals surface area contributed by atoms with Gasteiger partial charge in [-0.15, -0.1) is 0 Å². The zero-order valence-corrected chi connectivity index (χ0v) is 11.8. The van der Waals surface area contributed by atoms with Crippen molar-refractivity contribution < 1.29 is 13.2 Å². The number of halogens is 3. The molecule has 0 aromatic carbocycles. The molecule has 0 bridgehead atoms. The Hall–Kier alpha value is -1.11. The number of nitrogens with one attached hydrogen (secondary N) is 1. The molecule has 2 rings (SSSR count). The number of alkyl halides is 3. The predicted octanol–water partition coefficient (Wildman–Crippen LogP) is 2.31. The van der Waals surface area contributed by atoms with Gasteiger partial charge < -0.3 is 5.32 Å². The standard InChI is InChI=1S/C13H21F3N4/c1-17-11(7-12-18-8-19-20(12)2)9-5-3-4-6-10(9)13(14,15)16/h8-11,17H,3-7H2,1-2H3. The van der Waals surface area contributed by atoms with Crippen molar-refractivity contribution in [3.05, 3.63) is 12.2 Å². The zero-order valence-electron chi connectivity index (χ0n) is 11.8. The molecule has 3 unspecified atom stereocenters. The maximum absolute atomic E-state index is 13.2. The van der Waals surface area contributed by atoms with Crippen LogP contribution in [-0.4, -0.2) is 34.0 Å². The summed E-state index contributed by atoms with van der Waals surface area (Å²) in [4.78, 5) is 4.12. The SMILES string of the molecule is CNC(Cc1ncnn1C)C1CCCCC1C(F)(F)F. The number of nitrogens with zero attached hydrogens (tertiary/aromatic N) is 3. The van der Waals surface area contributed by atoms with E-state index in [1.54, 1.807) is 18.8 Å². The van der Waals surface area contributed by atoms with Gasteiger partial charge in [-0.3, -0.25) is 4.68 Å². The summed E-state index contributed by atoms with van der Waals surface area (Å²) in [6.45, 7) is 0. The topological polar surface area (TPSA) is 42.7 Å². The van der Waals surface area contributed by atoms with Crippen molar-refractivity contribution in [3.63, 3.8) is 0 Å². The van der Waals surface area contributed by atoms with E-state index in [1.165, 1.54) is 6.33 Å². The van der Waals surface area contributed by atoms with Gasteiger partial charge in [0.25, 0.3) is 0 Å². The molecule has 1 aromatic rings. The van der Waals surface area contributed by atoms with Crippen molar-refractivity contribution in [3.8, 4) is 0 Å². The molecule has 1 heterocycles. The molecule has 1 aromatic heterocycles. The molecule has 1 saturated carbocycles. The Kier molecular flexibility index (Phi) is 4.67. The molecule has 4 nitrogen and oxygen atoms in total. The third kappa shape index (κ3) is 3.31. The maximum atomic E-state index is 13.2. The number of likely N-dealkylation sites (N-methyl/N-ethyl adjacent to an activating group) is 1. The lowest BCUT2D eigenvalue weighted by Gasteiger charge is -2.38. The summed E-state index contributed by atoms with van der Waals surface area (Å²) in [5.74, 6) is -0.872. The fraction of sp³-hybridized carbons (Fsp3) is 0.846. The van der Waals surface area contributed by atoms with E-state index in [4.69, 9.17) is 0 Å². The average Bonchev–Trinajstić information content (AvgIpc) is 2.80. The number of hydrogen-bond donors (Lipinski definition) is 1. The minimum absolute atomic E-state index is 0.218. The quantitative estimate of drug-likeness (QED) is 0.925. The van der Waals surface area contributed by atoms with Crippen molar-refractivity contribution in [2.75, 3.05) is 7.05 Å². The number of hydrogen-bond acceptors (Lipinski definition) is 3. The lowest BCUT2D eigenvalue weighted by Crippen LogP contribution is -2.46. The molecule has 1 N–H and O–H groups in total. The van der Waals surface area contributed by atoms with Crippen molar-refractivity contribution >= 4 is 0 Å². The summed E-state index contributed by atoms with van der Waals surface area (Å²) in [6, 6.07) is -0.218. The van der Waals surface area contributed by atoms with Crippen molar-refractivity contribution in [2.45, 2.75) is 44.3 Å². The second-order valence-corrected chi connectivity index (χ2v) is 5.50. The van der Waals surface area contributed by atoms with E-state index in [2.05, 4.69) is 15.4 Å². The Bertz CT molecular complexity index is 429. The number of aromatic nitrogens is 3. The van der Waals surface area contributed by atoms with Crippen LogP contribution in [0.4, 0.5) is 13.2 Å². The first-order valence-corrected chi connectivity index (χ1v) is 7.00. The van der Waals surface area contributed by atoms with Crippen LogP contribution in [0.25, 0.3) is 0 Å². The van der Waals surface area contributed by atoms with Crippen molar-refractivity contribution in [1.82, 2.24) is 20.1 Å². The van der Waals surface area contributed by atoms with E-state index in [1.807, 2.05) is 0 Å². The molecule has 1 aliphatic carbocycles. The van der Waals surface area contributed by atoms with Crippen LogP contribution in [0.5, 0.6) is 0 Å². The number of aryl methyl sites for hydroxylation is 1. The fourth-order valence-corrected chi connectivity index (χ4v) is 3.22. The summed E-state index contributed by atoms with van der Waals surface area (Å²) in [6.07, 6.45) is 0.197. The van der Waals surface area contributed by atoms with Gasteiger partial charge in [0.15, 0.2) is 0 Å². The third-order valence-corrected chi connectivity index (χ3v) is 4.34. The highest BCUT2D eigenvalue weighted by molar-refractivity contribution is 4.95. The van der Waals surface area contributed by atoms with Crippen LogP contribution < -0.4 is 5.32 Å². The Morgan fingerprint density at radius 3 is 2.65 bits per heavy atom. The molecule has 1 aliphatic rings. The first-order chi connectivity index (χ1) is 9.43. The molecule has 0 radical (unpaired) electrons. The summed E-state index contributed by atoms with van der Waals surface area (Å²) in [7, 11) is 3.49. The minimum Gasteiger partial charge on any atom is -0.316 e. The van der Waals surface area contributed by atoms with Crippen LogP contribution in [-0.2, 0) is 13.5 Å². The highest BCUT2D eigenvalue weighted by Crippen LogP contribution is 2.43. The van der Waals surface area contributed by atoms with E-state index < -0.39 is 12.1 Å². The van der Waals surface area contributed by atoms with E-state index in [9.17, 15) is 13.2 Å². The molecule has 0 amide bonds. The first-order valence-electron chi connectivity index (χ1n) is 7.00. The molecular formula is C13H21F3N4. The Labute approximate surface area is 116 Å². The van der Waals surface area contributed by atoms with Gasteiger partial charge in [-0.2, -0.15) is 18.3 Å². The summed E-state index contributed by atoms with van der Waals surface area (Å²) < 4.78 is 41.2. The number of rotatable bonds is 4. The van der Waals surface area contributed by atoms with Crippen LogP contribution in [0.2, 0.25) is 0 Å². The Balaban J connectivity index is 2.14. The third-order valence-electron chi connectivity index (χ3n) is 4.34. The normalized spacial score (nSPS) is 25.6. The van der Waals surface area contributed by atoms with E-state index >= 15 is 0 Å². The van der Waals surface area contributed by atoms with Gasteiger partial charge in [-0.1, -0.05) is 12.8 Å². The Morgan fingerprint density at radius 1 is 1.40 bits per heavy atom. The fourth-order valence-electron chi connectivity index (χ4n) is 3.22. The average molecular weight is 290 g/mol. The summed E-state index contributed by atoms with van der Waals surface area (Å²) >= 11 is 0. The molecule has 0 spiro atoms. The van der Waals surface area contributed by atoms with Gasteiger partial charge in [0, 0.05) is 19.5 Å². The van der Waals surface area contributed by atoms with Crippen molar-refractivity contribution in [1.29, 1.82) is 0 Å². The molecule has 0 aliphatic heterocycles. The highest BCUT2D eigenvalue weighted by Gasteiger charge is 2.47. The summed E-state index contributed by atoms with van der Waals surface area (Å²) in [5.41, 5.74) is 0. The maximum Gasteiger partial charge on any atom is 0.392 e. The second kappa shape index (κ2) is 6.11. The van der Waals surface area contributed by atoms with Gasteiger partial charge in [-0.05, 0) is 25.8 Å². The van der Waals surface area contributed by atoms with E-state index in [0.29, 0.717) is 19.3 Å². The van der Waals surface area contributed by atoms with E-state index in [-0.39, 0.29) is 18.4 Å². The van der Waals surface area contributed by atoms with Gasteiger partial charge in [0.05, 0.1) is 5.92 Å². The molecule has 7 heteroatoms. The second-order valence-electron chi connectivity index (χ2n) is 5.50. The van der Waals surface area contributed by atoms with Gasteiger partial charge in [-0.25, -0.2) is 4.98 Å². The molecule has 0 saturated heterocycles. The largest absolute Gasteiger partial charge is 0.392 e. The molecular weight excluding hydrogens is 269 g/mol. The van der Waals surface area contributed by atoms with Gasteiger partial charge in [0.1, 0.15) is 12.2 Å². The van der Waals surface area contributed by atoms with Crippen LogP contribution >= 0.6 is 0 Å². The lowest BCUT2D eigenvalue weighted by atomic mass is 9.74. The molecule has 1 fully saturated rings. The minimum atomic E-state index is -4.11. The first kappa shape index (κ1) is 15.3. The van der Waals surface area contributed by atoms with Crippen LogP contribution in [0.15, 0.2) is 6.33 Å². The van der Waals surface area contributed by atoms with Crippen LogP contribution in [0, 0.1) is 11.8 Å². The molecule has 114 valence electrons. The van der Waals surface area contributed by atoms with Gasteiger partial charge in [0.2, 0.25) is 0 Å². The Morgan fingerprint density at radius 2 is 2.10 bits per heavy atom. The molecule has 3 atom stereocenters. The van der Waals surface area contributed by atoms with Crippen LogP contribution in [0.1, 0.15) is 31.5 Å².